The maximum Gasteiger partial charge on any atom is 0.140 e. The van der Waals surface area contributed by atoms with Crippen molar-refractivity contribution in [3.63, 3.8) is 0 Å². The average molecular weight is 325 g/mol. The van der Waals surface area contributed by atoms with E-state index in [4.69, 9.17) is 4.52 Å². The van der Waals surface area contributed by atoms with Crippen molar-refractivity contribution in [3.05, 3.63) is 35.1 Å². The number of anilines is 1. The van der Waals surface area contributed by atoms with Crippen molar-refractivity contribution < 1.29 is 4.52 Å². The molecular formula is C18H23N5O. The minimum Gasteiger partial charge on any atom is -0.361 e. The highest BCUT2D eigenvalue weighted by atomic mass is 16.5. The third-order valence-electron chi connectivity index (χ3n) is 5.88. The first-order chi connectivity index (χ1) is 11.8. The molecule has 6 nitrogen and oxygen atoms in total. The van der Waals surface area contributed by atoms with Crippen molar-refractivity contribution in [2.45, 2.75) is 32.7 Å². The normalized spacial score (nSPS) is 26.1. The summed E-state index contributed by atoms with van der Waals surface area (Å²) in [7, 11) is 0. The van der Waals surface area contributed by atoms with E-state index in [2.05, 4.69) is 31.8 Å². The van der Waals surface area contributed by atoms with Gasteiger partial charge in [0, 0.05) is 56.5 Å². The molecule has 2 atom stereocenters. The molecule has 2 fully saturated rings. The number of fused-ring (bicyclic) bond motifs is 2. The fourth-order valence-electron chi connectivity index (χ4n) is 4.74. The lowest BCUT2D eigenvalue weighted by molar-refractivity contribution is 0.291. The van der Waals surface area contributed by atoms with E-state index in [0.717, 1.165) is 69.0 Å². The highest BCUT2D eigenvalue weighted by molar-refractivity contribution is 5.46. The zero-order chi connectivity index (χ0) is 16.1. The molecule has 3 aliphatic rings. The van der Waals surface area contributed by atoms with Crippen molar-refractivity contribution in [2.24, 2.45) is 11.8 Å². The van der Waals surface area contributed by atoms with Crippen molar-refractivity contribution in [2.75, 3.05) is 31.1 Å². The second-order valence-electron chi connectivity index (χ2n) is 7.53. The maximum atomic E-state index is 5.50. The Bertz CT molecular complexity index is 744. The van der Waals surface area contributed by atoms with Crippen LogP contribution >= 0.6 is 0 Å². The second kappa shape index (κ2) is 5.55. The van der Waals surface area contributed by atoms with Gasteiger partial charge in [0.25, 0.3) is 0 Å². The van der Waals surface area contributed by atoms with E-state index in [0.29, 0.717) is 0 Å². The van der Waals surface area contributed by atoms with Gasteiger partial charge in [0.2, 0.25) is 0 Å². The lowest BCUT2D eigenvalue weighted by Gasteiger charge is -2.22. The molecule has 24 heavy (non-hydrogen) atoms. The van der Waals surface area contributed by atoms with Gasteiger partial charge >= 0.3 is 0 Å². The Balaban J connectivity index is 1.25. The zero-order valence-electron chi connectivity index (χ0n) is 14.1. The molecule has 0 radical (unpaired) electrons. The van der Waals surface area contributed by atoms with E-state index in [1.165, 1.54) is 23.2 Å². The molecule has 4 heterocycles. The monoisotopic (exact) mass is 325 g/mol. The highest BCUT2D eigenvalue weighted by Crippen LogP contribution is 2.35. The predicted molar refractivity (Wildman–Crippen MR) is 89.8 cm³/mol. The molecule has 1 aliphatic carbocycles. The minimum atomic E-state index is 0.735. The molecular weight excluding hydrogens is 302 g/mol. The maximum absolute atomic E-state index is 5.50. The van der Waals surface area contributed by atoms with Crippen LogP contribution in [0.1, 0.15) is 29.0 Å². The van der Waals surface area contributed by atoms with Gasteiger partial charge < -0.3 is 9.42 Å². The summed E-state index contributed by atoms with van der Waals surface area (Å²) in [5.74, 6) is 3.72. The summed E-state index contributed by atoms with van der Waals surface area (Å²) in [6, 6.07) is 0. The van der Waals surface area contributed by atoms with Crippen LogP contribution in [0.4, 0.5) is 5.82 Å². The Morgan fingerprint density at radius 1 is 1.17 bits per heavy atom. The fourth-order valence-corrected chi connectivity index (χ4v) is 4.74. The molecule has 2 saturated heterocycles. The quantitative estimate of drug-likeness (QED) is 0.858. The van der Waals surface area contributed by atoms with Crippen LogP contribution in [0.3, 0.4) is 0 Å². The number of nitrogens with zero attached hydrogens (tertiary/aromatic N) is 5. The van der Waals surface area contributed by atoms with Crippen molar-refractivity contribution in [1.29, 1.82) is 0 Å². The number of aryl methyl sites for hydroxylation is 2. The summed E-state index contributed by atoms with van der Waals surface area (Å²) in [6.07, 6.45) is 7.01. The number of hydrogen-bond acceptors (Lipinski definition) is 6. The van der Waals surface area contributed by atoms with Gasteiger partial charge in [-0.3, -0.25) is 4.90 Å². The second-order valence-corrected chi connectivity index (χ2v) is 7.53. The Hall–Kier alpha value is -1.95. The standard InChI is InChI=1S/C18H23N5O/c1-12-5-19-11-20-18(12)23-8-13-6-22(7-14(13)9-23)10-16-15-3-2-4-17(15)24-21-16/h5,11,13-14H,2-4,6-10H2,1H3. The van der Waals surface area contributed by atoms with Crippen LogP contribution in [0.5, 0.6) is 0 Å². The first-order valence-corrected chi connectivity index (χ1v) is 8.98. The molecule has 0 aromatic carbocycles. The first-order valence-electron chi connectivity index (χ1n) is 8.98. The van der Waals surface area contributed by atoms with E-state index in [9.17, 15) is 0 Å². The number of rotatable bonds is 3. The molecule has 6 heteroatoms. The smallest absolute Gasteiger partial charge is 0.140 e. The fraction of sp³-hybridized carbons (Fsp3) is 0.611. The van der Waals surface area contributed by atoms with Gasteiger partial charge in [-0.1, -0.05) is 5.16 Å². The van der Waals surface area contributed by atoms with E-state index in [-0.39, 0.29) is 0 Å². The van der Waals surface area contributed by atoms with Crippen LogP contribution in [0.15, 0.2) is 17.0 Å². The van der Waals surface area contributed by atoms with Crippen LogP contribution < -0.4 is 4.90 Å². The zero-order valence-corrected chi connectivity index (χ0v) is 14.1. The van der Waals surface area contributed by atoms with Gasteiger partial charge in [-0.25, -0.2) is 9.97 Å². The Labute approximate surface area is 141 Å². The van der Waals surface area contributed by atoms with Gasteiger partial charge in [-0.05, 0) is 31.6 Å². The van der Waals surface area contributed by atoms with Gasteiger partial charge in [-0.15, -0.1) is 0 Å². The Kier molecular flexibility index (Phi) is 3.33. The minimum absolute atomic E-state index is 0.735. The summed E-state index contributed by atoms with van der Waals surface area (Å²) in [5.41, 5.74) is 3.75. The molecule has 126 valence electrons. The van der Waals surface area contributed by atoms with Crippen molar-refractivity contribution >= 4 is 5.82 Å². The highest BCUT2D eigenvalue weighted by Gasteiger charge is 2.41. The summed E-state index contributed by atoms with van der Waals surface area (Å²) in [5, 5.41) is 4.33. The molecule has 0 amide bonds. The largest absolute Gasteiger partial charge is 0.361 e. The van der Waals surface area contributed by atoms with Crippen LogP contribution in [-0.4, -0.2) is 46.2 Å². The first kappa shape index (κ1) is 14.4. The van der Waals surface area contributed by atoms with Crippen LogP contribution in [0, 0.1) is 18.8 Å². The van der Waals surface area contributed by atoms with Gasteiger partial charge in [0.05, 0.1) is 0 Å². The molecule has 2 aromatic rings. The topological polar surface area (TPSA) is 58.3 Å². The number of aromatic nitrogens is 3. The number of hydrogen-bond donors (Lipinski definition) is 0. The molecule has 2 unspecified atom stereocenters. The molecule has 0 saturated carbocycles. The predicted octanol–water partition coefficient (Wildman–Crippen LogP) is 1.83. The van der Waals surface area contributed by atoms with E-state index in [1.807, 2.05) is 6.20 Å². The molecule has 0 spiro atoms. The molecule has 2 aliphatic heterocycles. The summed E-state index contributed by atoms with van der Waals surface area (Å²) in [4.78, 5) is 13.6. The van der Waals surface area contributed by atoms with Crippen LogP contribution in [0.25, 0.3) is 0 Å². The van der Waals surface area contributed by atoms with Crippen molar-refractivity contribution in [3.8, 4) is 0 Å². The Morgan fingerprint density at radius 3 is 2.79 bits per heavy atom. The summed E-state index contributed by atoms with van der Waals surface area (Å²) >= 11 is 0. The third-order valence-corrected chi connectivity index (χ3v) is 5.88. The lowest BCUT2D eigenvalue weighted by atomic mass is 10.0. The van der Waals surface area contributed by atoms with Crippen molar-refractivity contribution in [1.82, 2.24) is 20.0 Å². The molecule has 0 N–H and O–H groups in total. The Morgan fingerprint density at radius 2 is 2.00 bits per heavy atom. The van der Waals surface area contributed by atoms with E-state index in [1.54, 1.807) is 6.33 Å². The third kappa shape index (κ3) is 2.32. The molecule has 2 aromatic heterocycles. The van der Waals surface area contributed by atoms with Gasteiger partial charge in [0.15, 0.2) is 0 Å². The molecule has 5 rings (SSSR count). The van der Waals surface area contributed by atoms with Gasteiger partial charge in [-0.2, -0.15) is 0 Å². The summed E-state index contributed by atoms with van der Waals surface area (Å²) < 4.78 is 5.50. The van der Waals surface area contributed by atoms with E-state index >= 15 is 0 Å². The summed E-state index contributed by atoms with van der Waals surface area (Å²) in [6.45, 7) is 7.59. The van der Waals surface area contributed by atoms with Crippen LogP contribution in [0.2, 0.25) is 0 Å². The number of likely N-dealkylation sites (tertiary alicyclic amines) is 1. The average Bonchev–Trinajstić information content (AvgIpc) is 3.29. The lowest BCUT2D eigenvalue weighted by Crippen LogP contribution is -2.29. The van der Waals surface area contributed by atoms with E-state index < -0.39 is 0 Å². The molecule has 0 bridgehead atoms. The van der Waals surface area contributed by atoms with Crippen LogP contribution in [-0.2, 0) is 19.4 Å². The van der Waals surface area contributed by atoms with Gasteiger partial charge in [0.1, 0.15) is 23.6 Å². The SMILES string of the molecule is Cc1cncnc1N1CC2CN(Cc3noc4c3CCC4)CC2C1.